The third-order valence-corrected chi connectivity index (χ3v) is 12.7. The van der Waals surface area contributed by atoms with Gasteiger partial charge in [-0.15, -0.1) is 0 Å². The number of carboxylic acid groups (broad SMARTS) is 1. The van der Waals surface area contributed by atoms with Crippen molar-refractivity contribution in [1.29, 1.82) is 0 Å². The van der Waals surface area contributed by atoms with Crippen LogP contribution in [0.5, 0.6) is 0 Å². The van der Waals surface area contributed by atoms with Crippen LogP contribution in [0, 0.1) is 44.3 Å². The van der Waals surface area contributed by atoms with Gasteiger partial charge in [0, 0.05) is 0 Å². The fraction of sp³-hybridized carbons (Fsp3) is 0.833. The first-order chi connectivity index (χ1) is 15.1. The molecular formula is C30H46O3. The first-order valence-electron chi connectivity index (χ1n) is 13.5. The van der Waals surface area contributed by atoms with Gasteiger partial charge in [-0.2, -0.15) is 0 Å². The minimum atomic E-state index is -0.619. The highest BCUT2D eigenvalue weighted by molar-refractivity contribution is 5.74. The van der Waals surface area contributed by atoms with E-state index in [0.717, 1.165) is 32.1 Å². The third-order valence-electron chi connectivity index (χ3n) is 12.7. The van der Waals surface area contributed by atoms with Gasteiger partial charge in [0.25, 0.3) is 0 Å². The fourth-order valence-corrected chi connectivity index (χ4v) is 9.84. The Morgan fingerprint density at radius 2 is 1.52 bits per heavy atom. The summed E-state index contributed by atoms with van der Waals surface area (Å²) in [6, 6.07) is 0. The Morgan fingerprint density at radius 3 is 2.18 bits per heavy atom. The van der Waals surface area contributed by atoms with E-state index in [0.29, 0.717) is 11.8 Å². The second-order valence-corrected chi connectivity index (χ2v) is 14.5. The molecular weight excluding hydrogens is 408 g/mol. The van der Waals surface area contributed by atoms with Gasteiger partial charge in [-0.05, 0) is 104 Å². The summed E-state index contributed by atoms with van der Waals surface area (Å²) in [5.74, 6) is 0.244. The van der Waals surface area contributed by atoms with E-state index >= 15 is 0 Å². The molecule has 2 unspecified atom stereocenters. The number of carbonyl (C=O) groups is 1. The molecule has 0 bridgehead atoms. The second kappa shape index (κ2) is 6.77. The van der Waals surface area contributed by atoms with Crippen LogP contribution in [-0.4, -0.2) is 22.3 Å². The number of rotatable bonds is 1. The minimum Gasteiger partial charge on any atom is -0.481 e. The van der Waals surface area contributed by atoms with E-state index < -0.39 is 11.4 Å². The van der Waals surface area contributed by atoms with Gasteiger partial charge >= 0.3 is 5.97 Å². The molecule has 4 saturated carbocycles. The molecule has 0 amide bonds. The molecule has 0 heterocycles. The Kier molecular flexibility index (Phi) is 4.85. The third kappa shape index (κ3) is 2.81. The van der Waals surface area contributed by atoms with Crippen molar-refractivity contribution in [3.63, 3.8) is 0 Å². The molecule has 0 aliphatic heterocycles. The number of fused-ring (bicyclic) bond motifs is 7. The smallest absolute Gasteiger partial charge is 0.309 e. The summed E-state index contributed by atoms with van der Waals surface area (Å²) in [5, 5.41) is 20.9. The Hall–Kier alpha value is -1.09. The molecule has 5 rings (SSSR count). The summed E-state index contributed by atoms with van der Waals surface area (Å²) >= 11 is 0. The molecule has 0 radical (unpaired) electrons. The van der Waals surface area contributed by atoms with Crippen LogP contribution in [0.3, 0.4) is 0 Å². The lowest BCUT2D eigenvalue weighted by Crippen LogP contribution is -2.61. The van der Waals surface area contributed by atoms with Crippen molar-refractivity contribution < 1.29 is 15.0 Å². The molecule has 3 nitrogen and oxygen atoms in total. The van der Waals surface area contributed by atoms with E-state index in [2.05, 4.69) is 53.7 Å². The summed E-state index contributed by atoms with van der Waals surface area (Å²) in [6.07, 6.45) is 14.0. The normalized spacial score (nSPS) is 52.9. The van der Waals surface area contributed by atoms with E-state index in [9.17, 15) is 15.0 Å². The summed E-state index contributed by atoms with van der Waals surface area (Å²) in [7, 11) is 0. The molecule has 4 fully saturated rings. The summed E-state index contributed by atoms with van der Waals surface area (Å²) < 4.78 is 0. The number of hydrogen-bond donors (Lipinski definition) is 2. The van der Waals surface area contributed by atoms with E-state index in [1.165, 1.54) is 25.7 Å². The molecule has 5 aliphatic rings. The van der Waals surface area contributed by atoms with E-state index in [1.54, 1.807) is 11.1 Å². The van der Waals surface area contributed by atoms with Gasteiger partial charge in [-0.1, -0.05) is 64.8 Å². The lowest BCUT2D eigenvalue weighted by Gasteiger charge is -2.68. The van der Waals surface area contributed by atoms with Crippen LogP contribution in [-0.2, 0) is 4.79 Å². The molecule has 0 aromatic carbocycles. The van der Waals surface area contributed by atoms with Crippen molar-refractivity contribution in [2.75, 3.05) is 0 Å². The monoisotopic (exact) mass is 454 g/mol. The van der Waals surface area contributed by atoms with Crippen molar-refractivity contribution in [3.8, 4) is 0 Å². The summed E-state index contributed by atoms with van der Waals surface area (Å²) in [5.41, 5.74) is 3.05. The summed E-state index contributed by atoms with van der Waals surface area (Å²) in [6.45, 7) is 16.5. The largest absolute Gasteiger partial charge is 0.481 e. The average molecular weight is 455 g/mol. The Labute approximate surface area is 201 Å². The molecule has 5 aliphatic carbocycles. The van der Waals surface area contributed by atoms with E-state index in [1.807, 2.05) is 6.92 Å². The second-order valence-electron chi connectivity index (χ2n) is 14.5. The minimum absolute atomic E-state index is 0.0577. The van der Waals surface area contributed by atoms with Crippen LogP contribution >= 0.6 is 0 Å². The van der Waals surface area contributed by atoms with Crippen LogP contribution in [0.1, 0.15) is 106 Å². The Bertz CT molecular complexity index is 944. The highest BCUT2D eigenvalue weighted by atomic mass is 16.4. The van der Waals surface area contributed by atoms with Gasteiger partial charge in [0.2, 0.25) is 0 Å². The molecule has 2 N–H and O–H groups in total. The maximum atomic E-state index is 12.2. The van der Waals surface area contributed by atoms with E-state index in [-0.39, 0.29) is 33.2 Å². The Morgan fingerprint density at radius 1 is 0.848 bits per heavy atom. The Balaban J connectivity index is 1.62. The van der Waals surface area contributed by atoms with Crippen molar-refractivity contribution in [3.05, 3.63) is 23.3 Å². The summed E-state index contributed by atoms with van der Waals surface area (Å²) in [4.78, 5) is 12.2. The zero-order valence-electron chi connectivity index (χ0n) is 22.1. The highest BCUT2D eigenvalue weighted by Gasteiger charge is 2.66. The fourth-order valence-electron chi connectivity index (χ4n) is 9.84. The lowest BCUT2D eigenvalue weighted by molar-refractivity contribution is -0.155. The molecule has 3 heteroatoms. The maximum Gasteiger partial charge on any atom is 0.309 e. The molecule has 33 heavy (non-hydrogen) atoms. The highest BCUT2D eigenvalue weighted by Crippen LogP contribution is 2.74. The maximum absolute atomic E-state index is 12.2. The molecule has 0 spiro atoms. The van der Waals surface area contributed by atoms with E-state index in [4.69, 9.17) is 0 Å². The van der Waals surface area contributed by atoms with Crippen LogP contribution < -0.4 is 0 Å². The SMILES string of the molecule is CC1(C)C2CC[C@]3(C)C(=CC=C4C5C[C@@](C)(C(=O)O)CC[C@]5(C)CC[C@]43C)[C@@]2(C)CC[C@@H]1O. The zero-order valence-corrected chi connectivity index (χ0v) is 22.1. The van der Waals surface area contributed by atoms with Crippen molar-refractivity contribution in [2.24, 2.45) is 44.3 Å². The predicted molar refractivity (Wildman–Crippen MR) is 133 cm³/mol. The first-order valence-corrected chi connectivity index (χ1v) is 13.5. The number of allylic oxidation sites excluding steroid dienone is 4. The standard InChI is InChI=1S/C30H46O3/c1-25(2)21-10-13-30(7)22(28(21,5)12-11-23(25)31)9-8-19-20-18-27(4,24(32)33)15-14-26(20,3)16-17-29(19,30)6/h8-9,20-21,23,31H,10-18H2,1-7H3,(H,32,33)/t20?,21?,23-,26+,27-,28-,29+,30+/m0/s1. The van der Waals surface area contributed by atoms with Gasteiger partial charge < -0.3 is 10.2 Å². The van der Waals surface area contributed by atoms with Crippen LogP contribution in [0.4, 0.5) is 0 Å². The van der Waals surface area contributed by atoms with Gasteiger partial charge in [0.15, 0.2) is 0 Å². The molecule has 184 valence electrons. The lowest BCUT2D eigenvalue weighted by atomic mass is 9.36. The van der Waals surface area contributed by atoms with Gasteiger partial charge in [-0.25, -0.2) is 0 Å². The van der Waals surface area contributed by atoms with Crippen LogP contribution in [0.25, 0.3) is 0 Å². The number of aliphatic hydroxyl groups excluding tert-OH is 1. The quantitative estimate of drug-likeness (QED) is 0.442. The van der Waals surface area contributed by atoms with Crippen molar-refractivity contribution in [2.45, 2.75) is 112 Å². The molecule has 0 aromatic rings. The number of aliphatic hydroxyl groups is 1. The van der Waals surface area contributed by atoms with Crippen LogP contribution in [0.2, 0.25) is 0 Å². The number of aliphatic carboxylic acids is 1. The van der Waals surface area contributed by atoms with Gasteiger partial charge in [0.05, 0.1) is 11.5 Å². The van der Waals surface area contributed by atoms with Gasteiger partial charge in [-0.3, -0.25) is 4.79 Å². The predicted octanol–water partition coefficient (Wildman–Crippen LogP) is 7.15. The first kappa shape index (κ1) is 23.6. The van der Waals surface area contributed by atoms with Crippen molar-refractivity contribution in [1.82, 2.24) is 0 Å². The topological polar surface area (TPSA) is 57.5 Å². The molecule has 0 saturated heterocycles. The number of carboxylic acids is 1. The van der Waals surface area contributed by atoms with Gasteiger partial charge in [0.1, 0.15) is 0 Å². The number of hydrogen-bond acceptors (Lipinski definition) is 2. The van der Waals surface area contributed by atoms with Crippen LogP contribution in [0.15, 0.2) is 23.3 Å². The average Bonchev–Trinajstić information content (AvgIpc) is 2.73. The van der Waals surface area contributed by atoms with Crippen molar-refractivity contribution >= 4 is 5.97 Å². The molecule has 8 atom stereocenters. The zero-order chi connectivity index (χ0) is 24.2. The molecule has 0 aromatic heterocycles.